The van der Waals surface area contributed by atoms with Gasteiger partial charge < -0.3 is 10.2 Å². The molecule has 2 saturated heterocycles. The highest BCUT2D eigenvalue weighted by atomic mass is 16.4. The van der Waals surface area contributed by atoms with Crippen molar-refractivity contribution in [3.63, 3.8) is 0 Å². The fourth-order valence-corrected chi connectivity index (χ4v) is 7.50. The highest BCUT2D eigenvalue weighted by Crippen LogP contribution is 2.59. The SMILES string of the molecule is CCC(C)(CC)C(C(=O)O)N1C(=O)C2C3C=CC(C2C1=O)C1C(=O)N(C(C(=O)O)C(C)(CC)CC)C(=O)C31. The molecule has 0 aromatic heterocycles. The molecule has 2 aliphatic heterocycles. The van der Waals surface area contributed by atoms with Crippen LogP contribution < -0.4 is 0 Å². The molecule has 0 radical (unpaired) electrons. The number of nitrogens with zero attached hydrogens (tertiary/aromatic N) is 2. The maximum atomic E-state index is 13.8. The monoisotopic (exact) mass is 530 g/mol. The van der Waals surface area contributed by atoms with Crippen molar-refractivity contribution in [1.82, 2.24) is 9.80 Å². The summed E-state index contributed by atoms with van der Waals surface area (Å²) >= 11 is 0. The summed E-state index contributed by atoms with van der Waals surface area (Å²) in [6.07, 6.45) is 5.11. The summed E-state index contributed by atoms with van der Waals surface area (Å²) in [5.74, 6) is -10.4. The smallest absolute Gasteiger partial charge is 0.327 e. The molecule has 5 rings (SSSR count). The summed E-state index contributed by atoms with van der Waals surface area (Å²) < 4.78 is 0. The highest BCUT2D eigenvalue weighted by molar-refractivity contribution is 6.13. The summed E-state index contributed by atoms with van der Waals surface area (Å²) in [5, 5.41) is 20.3. The number of hydrogen-bond acceptors (Lipinski definition) is 6. The Morgan fingerprint density at radius 3 is 1.08 bits per heavy atom. The number of hydrogen-bond donors (Lipinski definition) is 2. The van der Waals surface area contributed by atoms with Gasteiger partial charge in [0.25, 0.3) is 0 Å². The first-order chi connectivity index (χ1) is 17.8. The van der Waals surface area contributed by atoms with Crippen molar-refractivity contribution >= 4 is 35.6 Å². The van der Waals surface area contributed by atoms with Gasteiger partial charge in [-0.2, -0.15) is 0 Å². The Labute approximate surface area is 222 Å². The Balaban J connectivity index is 1.76. The fourth-order valence-electron chi connectivity index (χ4n) is 7.50. The lowest BCUT2D eigenvalue weighted by Crippen LogP contribution is -2.55. The van der Waals surface area contributed by atoms with Crippen molar-refractivity contribution in [1.29, 1.82) is 0 Å². The molecule has 3 aliphatic carbocycles. The quantitative estimate of drug-likeness (QED) is 0.323. The van der Waals surface area contributed by atoms with Crippen LogP contribution in [0.1, 0.15) is 67.2 Å². The lowest BCUT2D eigenvalue weighted by atomic mass is 9.54. The van der Waals surface area contributed by atoms with E-state index in [0.717, 1.165) is 9.80 Å². The Morgan fingerprint density at radius 2 is 0.895 bits per heavy atom. The van der Waals surface area contributed by atoms with Crippen LogP contribution in [-0.4, -0.2) is 67.7 Å². The van der Waals surface area contributed by atoms with Gasteiger partial charge in [0, 0.05) is 11.8 Å². The zero-order valence-corrected chi connectivity index (χ0v) is 22.8. The van der Waals surface area contributed by atoms with Gasteiger partial charge in [0.05, 0.1) is 23.7 Å². The lowest BCUT2D eigenvalue weighted by molar-refractivity contribution is -0.162. The van der Waals surface area contributed by atoms with Crippen LogP contribution in [0.2, 0.25) is 0 Å². The third-order valence-electron chi connectivity index (χ3n) is 10.6. The third kappa shape index (κ3) is 3.51. The molecule has 0 aromatic carbocycles. The molecule has 3 fully saturated rings. The van der Waals surface area contributed by atoms with Crippen molar-refractivity contribution in [2.75, 3.05) is 0 Å². The second kappa shape index (κ2) is 9.31. The molecule has 2 bridgehead atoms. The van der Waals surface area contributed by atoms with Gasteiger partial charge >= 0.3 is 11.9 Å². The summed E-state index contributed by atoms with van der Waals surface area (Å²) in [6, 6.07) is -2.73. The zero-order valence-electron chi connectivity index (χ0n) is 22.8. The van der Waals surface area contributed by atoms with Crippen LogP contribution in [0.5, 0.6) is 0 Å². The Hall–Kier alpha value is -3.04. The van der Waals surface area contributed by atoms with E-state index in [0.29, 0.717) is 25.7 Å². The van der Waals surface area contributed by atoms with Crippen LogP contribution in [0.4, 0.5) is 0 Å². The molecule has 6 atom stereocenters. The van der Waals surface area contributed by atoms with E-state index in [9.17, 15) is 39.0 Å². The fraction of sp³-hybridized carbons (Fsp3) is 0.714. The number of carbonyl (C=O) groups excluding carboxylic acids is 4. The topological polar surface area (TPSA) is 149 Å². The minimum absolute atomic E-state index is 0.430. The molecule has 38 heavy (non-hydrogen) atoms. The van der Waals surface area contributed by atoms with Gasteiger partial charge in [-0.1, -0.05) is 53.7 Å². The summed E-state index contributed by atoms with van der Waals surface area (Å²) in [5.41, 5.74) is -1.70. The normalized spacial score (nSPS) is 32.1. The number of allylic oxidation sites excluding steroid dienone is 2. The van der Waals surface area contributed by atoms with E-state index in [1.54, 1.807) is 26.0 Å². The number of likely N-dealkylation sites (tertiary alicyclic amines) is 2. The highest BCUT2D eigenvalue weighted by Gasteiger charge is 2.71. The summed E-state index contributed by atoms with van der Waals surface area (Å²) in [4.78, 5) is 81.9. The number of carboxylic acids is 2. The summed E-state index contributed by atoms with van der Waals surface area (Å²) in [7, 11) is 0. The predicted octanol–water partition coefficient (Wildman–Crippen LogP) is 2.56. The van der Waals surface area contributed by atoms with Crippen LogP contribution in [0.15, 0.2) is 12.2 Å². The van der Waals surface area contributed by atoms with Gasteiger partial charge in [-0.3, -0.25) is 29.0 Å². The van der Waals surface area contributed by atoms with E-state index < -0.39 is 94.0 Å². The van der Waals surface area contributed by atoms with Gasteiger partial charge in [-0.05, 0) is 36.5 Å². The van der Waals surface area contributed by atoms with E-state index in [1.165, 1.54) is 0 Å². The van der Waals surface area contributed by atoms with Crippen LogP contribution in [-0.2, 0) is 28.8 Å². The van der Waals surface area contributed by atoms with Gasteiger partial charge in [0.15, 0.2) is 0 Å². The first kappa shape index (κ1) is 28.0. The van der Waals surface area contributed by atoms with Crippen LogP contribution in [0.25, 0.3) is 0 Å². The Morgan fingerprint density at radius 1 is 0.658 bits per heavy atom. The molecular weight excluding hydrogens is 492 g/mol. The molecule has 1 saturated carbocycles. The molecule has 5 aliphatic rings. The minimum Gasteiger partial charge on any atom is -0.480 e. The van der Waals surface area contributed by atoms with Crippen molar-refractivity contribution in [3.05, 3.63) is 12.2 Å². The number of carboxylic acid groups (broad SMARTS) is 2. The lowest BCUT2D eigenvalue weighted by Gasteiger charge is -2.44. The molecule has 2 heterocycles. The van der Waals surface area contributed by atoms with Gasteiger partial charge in [0.2, 0.25) is 23.6 Å². The molecule has 2 N–H and O–H groups in total. The molecule has 10 heteroatoms. The molecule has 0 spiro atoms. The van der Waals surface area contributed by atoms with Gasteiger partial charge in [0.1, 0.15) is 12.1 Å². The standard InChI is InChI=1S/C28H38N2O8/c1-7-27(5,8-2)19(25(35)36)29-21(31)15-13-11-12-14(16(15)22(29)32)18-17(13)23(33)30(24(18)34)20(26(37)38)28(6,9-3)10-4/h11-20H,7-10H2,1-6H3,(H,35,36)(H,37,38). The molecule has 0 aromatic rings. The Bertz CT molecular complexity index is 990. The van der Waals surface area contributed by atoms with Crippen LogP contribution in [0.3, 0.4) is 0 Å². The number of amides is 4. The summed E-state index contributed by atoms with van der Waals surface area (Å²) in [6.45, 7) is 10.8. The molecule has 4 amide bonds. The van der Waals surface area contributed by atoms with Gasteiger partial charge in [-0.15, -0.1) is 0 Å². The number of aliphatic carboxylic acids is 2. The van der Waals surface area contributed by atoms with Crippen molar-refractivity contribution in [2.45, 2.75) is 79.3 Å². The molecule has 208 valence electrons. The van der Waals surface area contributed by atoms with E-state index >= 15 is 0 Å². The Kier molecular flexibility index (Phi) is 6.85. The molecule has 10 nitrogen and oxygen atoms in total. The minimum atomic E-state index is -1.36. The first-order valence-corrected chi connectivity index (χ1v) is 13.6. The van der Waals surface area contributed by atoms with Crippen molar-refractivity contribution in [2.24, 2.45) is 46.3 Å². The average molecular weight is 531 g/mol. The average Bonchev–Trinajstić information content (AvgIpc) is 3.31. The number of carbonyl (C=O) groups is 6. The first-order valence-electron chi connectivity index (χ1n) is 13.6. The van der Waals surface area contributed by atoms with Gasteiger partial charge in [-0.25, -0.2) is 9.59 Å². The van der Waals surface area contributed by atoms with Crippen LogP contribution in [0, 0.1) is 46.3 Å². The second-order valence-electron chi connectivity index (χ2n) is 11.9. The van der Waals surface area contributed by atoms with E-state index in [4.69, 9.17) is 0 Å². The van der Waals surface area contributed by atoms with Crippen LogP contribution >= 0.6 is 0 Å². The maximum Gasteiger partial charge on any atom is 0.327 e. The van der Waals surface area contributed by atoms with E-state index in [1.807, 2.05) is 27.7 Å². The second-order valence-corrected chi connectivity index (χ2v) is 11.9. The third-order valence-corrected chi connectivity index (χ3v) is 10.6. The largest absolute Gasteiger partial charge is 0.480 e. The zero-order chi connectivity index (χ0) is 28.5. The molecular formula is C28H38N2O8. The maximum absolute atomic E-state index is 13.8. The van der Waals surface area contributed by atoms with Crippen molar-refractivity contribution < 1.29 is 39.0 Å². The predicted molar refractivity (Wildman–Crippen MR) is 134 cm³/mol. The molecule has 6 unspecified atom stereocenters. The number of imide groups is 2. The van der Waals surface area contributed by atoms with E-state index in [2.05, 4.69) is 0 Å². The number of rotatable bonds is 10. The van der Waals surface area contributed by atoms with E-state index in [-0.39, 0.29) is 0 Å². The van der Waals surface area contributed by atoms with Crippen molar-refractivity contribution in [3.8, 4) is 0 Å².